The van der Waals surface area contributed by atoms with Crippen molar-refractivity contribution < 1.29 is 9.21 Å². The Hall–Kier alpha value is -2.08. The molecule has 1 aliphatic heterocycles. The average molecular weight is 302 g/mol. The molecule has 6 nitrogen and oxygen atoms in total. The third-order valence-electron chi connectivity index (χ3n) is 3.94. The Morgan fingerprint density at radius 1 is 1.55 bits per heavy atom. The molecule has 1 atom stereocenters. The molecule has 22 heavy (non-hydrogen) atoms. The van der Waals surface area contributed by atoms with Gasteiger partial charge in [0.15, 0.2) is 0 Å². The van der Waals surface area contributed by atoms with Gasteiger partial charge in [0.05, 0.1) is 36.2 Å². The lowest BCUT2D eigenvalue weighted by Gasteiger charge is -2.32. The summed E-state index contributed by atoms with van der Waals surface area (Å²) in [6.07, 6.45) is 5.22. The van der Waals surface area contributed by atoms with Gasteiger partial charge in [-0.05, 0) is 19.9 Å². The molecule has 0 spiro atoms. The minimum Gasteiger partial charge on any atom is -0.472 e. The molecule has 1 amide bonds. The van der Waals surface area contributed by atoms with Gasteiger partial charge in [0.1, 0.15) is 0 Å². The predicted octanol–water partition coefficient (Wildman–Crippen LogP) is 1.64. The molecule has 2 aromatic rings. The van der Waals surface area contributed by atoms with Crippen molar-refractivity contribution in [2.75, 3.05) is 6.54 Å². The fourth-order valence-corrected chi connectivity index (χ4v) is 3.03. The van der Waals surface area contributed by atoms with Gasteiger partial charge in [-0.1, -0.05) is 0 Å². The van der Waals surface area contributed by atoms with E-state index in [-0.39, 0.29) is 17.9 Å². The summed E-state index contributed by atoms with van der Waals surface area (Å²) in [7, 11) is 1.95. The molecule has 0 aliphatic carbocycles. The Morgan fingerprint density at radius 2 is 2.36 bits per heavy atom. The molecular formula is C16H22N4O2. The highest BCUT2D eigenvalue weighted by molar-refractivity contribution is 5.84. The zero-order chi connectivity index (χ0) is 15.7. The molecule has 1 N–H and O–H groups in total. The van der Waals surface area contributed by atoms with Gasteiger partial charge in [-0.2, -0.15) is 0 Å². The first-order chi connectivity index (χ1) is 10.5. The lowest BCUT2D eigenvalue weighted by molar-refractivity contribution is -0.124. The summed E-state index contributed by atoms with van der Waals surface area (Å²) in [5, 5.41) is 3.02. The highest BCUT2D eigenvalue weighted by Crippen LogP contribution is 2.28. The van der Waals surface area contributed by atoms with E-state index in [9.17, 15) is 4.79 Å². The molecule has 3 heterocycles. The topological polar surface area (TPSA) is 63.3 Å². The van der Waals surface area contributed by atoms with E-state index < -0.39 is 0 Å². The Kier molecular flexibility index (Phi) is 4.02. The molecule has 2 aromatic heterocycles. The van der Waals surface area contributed by atoms with E-state index in [1.54, 1.807) is 18.9 Å². The van der Waals surface area contributed by atoms with Crippen molar-refractivity contribution in [2.45, 2.75) is 38.9 Å². The smallest absolute Gasteiger partial charge is 0.230 e. The second-order valence-corrected chi connectivity index (χ2v) is 6.20. The molecule has 0 fully saturated rings. The summed E-state index contributed by atoms with van der Waals surface area (Å²) >= 11 is 0. The highest BCUT2D eigenvalue weighted by atomic mass is 16.3. The fraction of sp³-hybridized carbons (Fsp3) is 0.500. The van der Waals surface area contributed by atoms with Gasteiger partial charge in [-0.3, -0.25) is 9.69 Å². The highest BCUT2D eigenvalue weighted by Gasteiger charge is 2.34. The van der Waals surface area contributed by atoms with Crippen LogP contribution in [0, 0.1) is 0 Å². The first-order valence-corrected chi connectivity index (χ1v) is 7.58. The summed E-state index contributed by atoms with van der Waals surface area (Å²) in [5.41, 5.74) is 3.13. The van der Waals surface area contributed by atoms with Crippen LogP contribution < -0.4 is 5.32 Å². The standard InChI is InChI=1S/C16H22N4O2/c1-11(2)18-16(21)13-7-20(6-12-4-5-22-9-12)8-14-15(13)19(3)10-17-14/h4-5,9-11,13H,6-8H2,1-3H3,(H,18,21)/t13-/m1/s1. The number of aryl methyl sites for hydroxylation is 1. The Bertz CT molecular complexity index is 645. The number of imidazole rings is 1. The monoisotopic (exact) mass is 302 g/mol. The predicted molar refractivity (Wildman–Crippen MR) is 82.0 cm³/mol. The average Bonchev–Trinajstić information content (AvgIpc) is 3.08. The fourth-order valence-electron chi connectivity index (χ4n) is 3.03. The number of aromatic nitrogens is 2. The van der Waals surface area contributed by atoms with Crippen LogP contribution in [0.4, 0.5) is 0 Å². The Balaban J connectivity index is 1.83. The number of nitrogens with one attached hydrogen (secondary N) is 1. The summed E-state index contributed by atoms with van der Waals surface area (Å²) in [6, 6.07) is 2.09. The number of carbonyl (C=O) groups excluding carboxylic acids is 1. The number of fused-ring (bicyclic) bond motifs is 1. The van der Waals surface area contributed by atoms with Crippen molar-refractivity contribution in [3.63, 3.8) is 0 Å². The van der Waals surface area contributed by atoms with E-state index in [0.717, 1.165) is 30.0 Å². The van der Waals surface area contributed by atoms with Crippen LogP contribution in [0.5, 0.6) is 0 Å². The maximum atomic E-state index is 12.6. The summed E-state index contributed by atoms with van der Waals surface area (Å²) in [6.45, 7) is 6.17. The quantitative estimate of drug-likeness (QED) is 0.932. The largest absolute Gasteiger partial charge is 0.472 e. The van der Waals surface area contributed by atoms with Crippen LogP contribution in [0.1, 0.15) is 36.7 Å². The number of carbonyl (C=O) groups is 1. The minimum atomic E-state index is -0.189. The molecule has 3 rings (SSSR count). The molecule has 118 valence electrons. The molecular weight excluding hydrogens is 280 g/mol. The molecule has 0 saturated carbocycles. The lowest BCUT2D eigenvalue weighted by atomic mass is 9.96. The number of furan rings is 1. The number of amides is 1. The molecule has 6 heteroatoms. The van der Waals surface area contributed by atoms with Crippen LogP contribution in [0.15, 0.2) is 29.3 Å². The number of hydrogen-bond acceptors (Lipinski definition) is 4. The van der Waals surface area contributed by atoms with E-state index in [1.165, 1.54) is 0 Å². The van der Waals surface area contributed by atoms with Crippen LogP contribution in [0.2, 0.25) is 0 Å². The van der Waals surface area contributed by atoms with Gasteiger partial charge in [0, 0.05) is 38.3 Å². The Labute approximate surface area is 130 Å². The third-order valence-corrected chi connectivity index (χ3v) is 3.94. The van der Waals surface area contributed by atoms with Crippen molar-refractivity contribution in [1.82, 2.24) is 19.8 Å². The maximum Gasteiger partial charge on any atom is 0.230 e. The van der Waals surface area contributed by atoms with Crippen LogP contribution in [-0.4, -0.2) is 32.9 Å². The lowest BCUT2D eigenvalue weighted by Crippen LogP contribution is -2.43. The zero-order valence-electron chi connectivity index (χ0n) is 13.2. The van der Waals surface area contributed by atoms with Gasteiger partial charge in [-0.15, -0.1) is 0 Å². The van der Waals surface area contributed by atoms with Crippen molar-refractivity contribution >= 4 is 5.91 Å². The van der Waals surface area contributed by atoms with Crippen LogP contribution in [0.3, 0.4) is 0 Å². The van der Waals surface area contributed by atoms with Gasteiger partial charge in [0.2, 0.25) is 5.91 Å². The van der Waals surface area contributed by atoms with Gasteiger partial charge >= 0.3 is 0 Å². The number of nitrogens with zero attached hydrogens (tertiary/aromatic N) is 3. The van der Waals surface area contributed by atoms with Crippen molar-refractivity contribution in [1.29, 1.82) is 0 Å². The Morgan fingerprint density at radius 3 is 3.05 bits per heavy atom. The second kappa shape index (κ2) is 5.96. The first-order valence-electron chi connectivity index (χ1n) is 7.58. The van der Waals surface area contributed by atoms with Crippen LogP contribution in [0.25, 0.3) is 0 Å². The minimum absolute atomic E-state index is 0.0664. The van der Waals surface area contributed by atoms with Crippen molar-refractivity contribution in [2.24, 2.45) is 7.05 Å². The molecule has 0 aromatic carbocycles. The SMILES string of the molecule is CC(C)NC(=O)[C@@H]1CN(Cc2ccoc2)Cc2ncn(C)c21. The van der Waals surface area contributed by atoms with Gasteiger partial charge in [-0.25, -0.2) is 4.98 Å². The summed E-state index contributed by atoms with van der Waals surface area (Å²) < 4.78 is 7.10. The van der Waals surface area contributed by atoms with Crippen LogP contribution >= 0.6 is 0 Å². The van der Waals surface area contributed by atoms with Gasteiger partial charge in [0.25, 0.3) is 0 Å². The van der Waals surface area contributed by atoms with E-state index in [4.69, 9.17) is 4.42 Å². The summed E-state index contributed by atoms with van der Waals surface area (Å²) in [4.78, 5) is 19.3. The van der Waals surface area contributed by atoms with Crippen molar-refractivity contribution in [3.8, 4) is 0 Å². The second-order valence-electron chi connectivity index (χ2n) is 6.20. The van der Waals surface area contributed by atoms with Gasteiger partial charge < -0.3 is 14.3 Å². The van der Waals surface area contributed by atoms with Crippen molar-refractivity contribution in [3.05, 3.63) is 41.9 Å². The molecule has 1 aliphatic rings. The first kappa shape index (κ1) is 14.8. The van der Waals surface area contributed by atoms with E-state index in [0.29, 0.717) is 6.54 Å². The normalized spacial score (nSPS) is 18.5. The zero-order valence-corrected chi connectivity index (χ0v) is 13.2. The number of rotatable bonds is 4. The summed E-state index contributed by atoms with van der Waals surface area (Å²) in [5.74, 6) is -0.123. The molecule has 0 saturated heterocycles. The number of hydrogen-bond donors (Lipinski definition) is 1. The molecule has 0 radical (unpaired) electrons. The third kappa shape index (κ3) is 2.92. The van der Waals surface area contributed by atoms with E-state index >= 15 is 0 Å². The van der Waals surface area contributed by atoms with E-state index in [2.05, 4.69) is 15.2 Å². The van der Waals surface area contributed by atoms with E-state index in [1.807, 2.05) is 31.5 Å². The molecule has 0 bridgehead atoms. The van der Waals surface area contributed by atoms with Crippen LogP contribution in [-0.2, 0) is 24.9 Å². The maximum absolute atomic E-state index is 12.6. The molecule has 0 unspecified atom stereocenters.